The molecule has 1 saturated heterocycles. The molecule has 1 aliphatic rings. The van der Waals surface area contributed by atoms with E-state index in [1.54, 1.807) is 4.90 Å². The number of benzene rings is 2. The Labute approximate surface area is 213 Å². The third-order valence-corrected chi connectivity index (χ3v) is 6.13. The van der Waals surface area contributed by atoms with Crippen molar-refractivity contribution in [3.8, 4) is 0 Å². The molecule has 0 saturated carbocycles. The quantitative estimate of drug-likeness (QED) is 0.455. The van der Waals surface area contributed by atoms with Gasteiger partial charge >= 0.3 is 5.97 Å². The highest BCUT2D eigenvalue weighted by Gasteiger charge is 2.40. The van der Waals surface area contributed by atoms with Crippen LogP contribution >= 0.6 is 23.2 Å². The van der Waals surface area contributed by atoms with E-state index in [4.69, 9.17) is 27.9 Å². The fraction of sp³-hybridized carbons (Fsp3) is 0.481. The smallest absolute Gasteiger partial charge is 0.307 e. The molecule has 3 rings (SSSR count). The van der Waals surface area contributed by atoms with Crippen molar-refractivity contribution >= 4 is 35.1 Å². The van der Waals surface area contributed by atoms with Gasteiger partial charge in [-0.05, 0) is 69.9 Å². The van der Waals surface area contributed by atoms with Gasteiger partial charge < -0.3 is 14.7 Å². The Hall–Kier alpha value is -2.08. The Morgan fingerprint density at radius 3 is 2.12 bits per heavy atom. The molecule has 0 aromatic heterocycles. The number of hydrogen-bond donors (Lipinski definition) is 1. The highest BCUT2D eigenvalue weighted by Crippen LogP contribution is 2.38. The third-order valence-electron chi connectivity index (χ3n) is 5.62. The standard InChI is InChI=1S/C21H30ClNO4.C6H5Cl/c1-5-17(13-24)23-18(14-6-9-16(22)10-7-14)11-8-15(20(23)26)12-19(25)27-21(2,3)4;7-6-4-2-1-3-5-6/h6-7,9-10,15,17-18,24H,5,8,11-13H2,1-4H3;1-5H/t15-,17+,18+;/m1./s1. The number of hydrogen-bond acceptors (Lipinski definition) is 4. The van der Waals surface area contributed by atoms with Crippen LogP contribution < -0.4 is 0 Å². The first-order valence-corrected chi connectivity index (χ1v) is 12.4. The highest BCUT2D eigenvalue weighted by molar-refractivity contribution is 6.30. The van der Waals surface area contributed by atoms with Gasteiger partial charge in [0.25, 0.3) is 0 Å². The number of esters is 1. The van der Waals surface area contributed by atoms with E-state index in [1.165, 1.54) is 0 Å². The number of aliphatic hydroxyl groups is 1. The van der Waals surface area contributed by atoms with E-state index in [1.807, 2.05) is 82.3 Å². The lowest BCUT2D eigenvalue weighted by molar-refractivity contribution is -0.161. The fourth-order valence-corrected chi connectivity index (χ4v) is 4.31. The molecule has 0 bridgehead atoms. The van der Waals surface area contributed by atoms with E-state index < -0.39 is 11.5 Å². The van der Waals surface area contributed by atoms with Crippen molar-refractivity contribution in [1.29, 1.82) is 0 Å². The van der Waals surface area contributed by atoms with Gasteiger partial charge in [0.2, 0.25) is 5.91 Å². The second-order valence-corrected chi connectivity index (χ2v) is 10.3. The molecule has 2 aromatic rings. The molecule has 1 aliphatic heterocycles. The summed E-state index contributed by atoms with van der Waals surface area (Å²) in [5.41, 5.74) is 0.424. The molecule has 34 heavy (non-hydrogen) atoms. The fourth-order valence-electron chi connectivity index (χ4n) is 4.03. The number of ether oxygens (including phenoxy) is 1. The van der Waals surface area contributed by atoms with Crippen LogP contribution in [0.25, 0.3) is 0 Å². The molecule has 7 heteroatoms. The molecule has 0 radical (unpaired) electrons. The summed E-state index contributed by atoms with van der Waals surface area (Å²) in [6, 6.07) is 16.5. The van der Waals surface area contributed by atoms with Crippen LogP contribution in [-0.4, -0.2) is 40.1 Å². The average Bonchev–Trinajstić information content (AvgIpc) is 2.77. The van der Waals surface area contributed by atoms with Crippen molar-refractivity contribution in [3.05, 3.63) is 70.2 Å². The molecule has 1 N–H and O–H groups in total. The van der Waals surface area contributed by atoms with Gasteiger partial charge in [-0.2, -0.15) is 0 Å². The Bertz CT molecular complexity index is 908. The average molecular weight is 508 g/mol. The van der Waals surface area contributed by atoms with Crippen LogP contribution in [0.1, 0.15) is 65.0 Å². The van der Waals surface area contributed by atoms with E-state index in [0.717, 1.165) is 17.0 Å². The zero-order chi connectivity index (χ0) is 25.3. The molecule has 0 unspecified atom stereocenters. The maximum atomic E-state index is 13.2. The molecule has 1 amide bonds. The Balaban J connectivity index is 0.000000497. The lowest BCUT2D eigenvalue weighted by atomic mass is 9.85. The van der Waals surface area contributed by atoms with Gasteiger partial charge in [0.1, 0.15) is 5.60 Å². The normalized spacial score (nSPS) is 19.1. The number of carbonyl (C=O) groups is 2. The van der Waals surface area contributed by atoms with Gasteiger partial charge in [-0.25, -0.2) is 0 Å². The maximum absolute atomic E-state index is 13.2. The van der Waals surface area contributed by atoms with Crippen molar-refractivity contribution < 1.29 is 19.4 Å². The minimum Gasteiger partial charge on any atom is -0.460 e. The summed E-state index contributed by atoms with van der Waals surface area (Å²) in [5, 5.41) is 11.3. The number of aliphatic hydroxyl groups excluding tert-OH is 1. The first-order chi connectivity index (χ1) is 16.1. The third kappa shape index (κ3) is 8.61. The number of halogens is 2. The minimum atomic E-state index is -0.572. The van der Waals surface area contributed by atoms with Crippen LogP contribution in [-0.2, 0) is 14.3 Å². The summed E-state index contributed by atoms with van der Waals surface area (Å²) in [6.45, 7) is 7.29. The highest BCUT2D eigenvalue weighted by atomic mass is 35.5. The topological polar surface area (TPSA) is 66.8 Å². The zero-order valence-electron chi connectivity index (χ0n) is 20.3. The SMILES string of the molecule is CC[C@@H](CO)N1C(=O)[C@@H](CC(=O)OC(C)(C)C)CC[C@H]1c1ccc(Cl)cc1.Clc1ccccc1. The number of likely N-dealkylation sites (tertiary alicyclic amines) is 1. The second-order valence-electron chi connectivity index (χ2n) is 9.42. The summed E-state index contributed by atoms with van der Waals surface area (Å²) in [4.78, 5) is 27.2. The Morgan fingerprint density at radius 2 is 1.65 bits per heavy atom. The lowest BCUT2D eigenvalue weighted by Gasteiger charge is -2.43. The largest absolute Gasteiger partial charge is 0.460 e. The van der Waals surface area contributed by atoms with Crippen LogP contribution in [0.2, 0.25) is 10.0 Å². The summed E-state index contributed by atoms with van der Waals surface area (Å²) in [6.07, 6.45) is 2.06. The first kappa shape index (κ1) is 28.2. The van der Waals surface area contributed by atoms with Gasteiger partial charge in [0, 0.05) is 16.0 Å². The number of carbonyl (C=O) groups excluding carboxylic acids is 2. The van der Waals surface area contributed by atoms with Crippen molar-refractivity contribution in [2.45, 2.75) is 71.1 Å². The minimum absolute atomic E-state index is 0.0712. The molecular weight excluding hydrogens is 473 g/mol. The van der Waals surface area contributed by atoms with E-state index in [9.17, 15) is 14.7 Å². The van der Waals surface area contributed by atoms with Gasteiger partial charge in [-0.15, -0.1) is 0 Å². The van der Waals surface area contributed by atoms with Gasteiger partial charge in [0.15, 0.2) is 0 Å². The molecule has 0 aliphatic carbocycles. The molecule has 1 fully saturated rings. The van der Waals surface area contributed by atoms with Crippen molar-refractivity contribution in [1.82, 2.24) is 4.90 Å². The maximum Gasteiger partial charge on any atom is 0.307 e. The molecule has 186 valence electrons. The van der Waals surface area contributed by atoms with Crippen molar-refractivity contribution in [2.24, 2.45) is 5.92 Å². The van der Waals surface area contributed by atoms with Crippen LogP contribution in [0.5, 0.6) is 0 Å². The van der Waals surface area contributed by atoms with Gasteiger partial charge in [-0.1, -0.05) is 60.5 Å². The summed E-state index contributed by atoms with van der Waals surface area (Å²) >= 11 is 11.5. The monoisotopic (exact) mass is 507 g/mol. The number of rotatable bonds is 6. The molecule has 3 atom stereocenters. The van der Waals surface area contributed by atoms with Gasteiger partial charge in [0.05, 0.1) is 25.1 Å². The predicted molar refractivity (Wildman–Crippen MR) is 137 cm³/mol. The number of nitrogens with zero attached hydrogens (tertiary/aromatic N) is 1. The summed E-state index contributed by atoms with van der Waals surface area (Å²) < 4.78 is 5.39. The van der Waals surface area contributed by atoms with Crippen molar-refractivity contribution in [3.63, 3.8) is 0 Å². The summed E-state index contributed by atoms with van der Waals surface area (Å²) in [5.74, 6) is -0.861. The zero-order valence-corrected chi connectivity index (χ0v) is 21.9. The molecule has 5 nitrogen and oxygen atoms in total. The van der Waals surface area contributed by atoms with Crippen LogP contribution in [0.4, 0.5) is 0 Å². The van der Waals surface area contributed by atoms with Crippen LogP contribution in [0, 0.1) is 5.92 Å². The van der Waals surface area contributed by atoms with Crippen molar-refractivity contribution in [2.75, 3.05) is 6.61 Å². The Kier molecular flexibility index (Phi) is 10.9. The number of piperidine rings is 1. The Morgan fingerprint density at radius 1 is 1.06 bits per heavy atom. The van der Waals surface area contributed by atoms with Crippen LogP contribution in [0.15, 0.2) is 54.6 Å². The second kappa shape index (κ2) is 13.1. The molecule has 2 aromatic carbocycles. The summed E-state index contributed by atoms with van der Waals surface area (Å²) in [7, 11) is 0. The molecule has 1 heterocycles. The first-order valence-electron chi connectivity index (χ1n) is 11.7. The predicted octanol–water partition coefficient (Wildman–Crippen LogP) is 6.46. The molecule has 0 spiro atoms. The van der Waals surface area contributed by atoms with Gasteiger partial charge in [-0.3, -0.25) is 9.59 Å². The number of amides is 1. The van der Waals surface area contributed by atoms with E-state index >= 15 is 0 Å². The van der Waals surface area contributed by atoms with E-state index in [-0.39, 0.29) is 37.0 Å². The lowest BCUT2D eigenvalue weighted by Crippen LogP contribution is -2.50. The van der Waals surface area contributed by atoms with E-state index in [0.29, 0.717) is 17.9 Å². The molecular formula is C27H35Cl2NO4. The van der Waals surface area contributed by atoms with Crippen LogP contribution in [0.3, 0.4) is 0 Å². The van der Waals surface area contributed by atoms with E-state index in [2.05, 4.69) is 0 Å².